The molecule has 2 heterocycles. The minimum absolute atomic E-state index is 0. The first kappa shape index (κ1) is 49.1. The van der Waals surface area contributed by atoms with Gasteiger partial charge in [0, 0.05) is 24.4 Å². The van der Waals surface area contributed by atoms with Crippen LogP contribution in [0.2, 0.25) is 0 Å². The summed E-state index contributed by atoms with van der Waals surface area (Å²) < 4.78 is 11.0. The van der Waals surface area contributed by atoms with E-state index in [9.17, 15) is 5.11 Å². The predicted octanol–water partition coefficient (Wildman–Crippen LogP) is 17.4. The van der Waals surface area contributed by atoms with Crippen LogP contribution < -0.4 is 0 Å². The number of pyridine rings is 1. The summed E-state index contributed by atoms with van der Waals surface area (Å²) in [6, 6.07) is 59.2. The standard InChI is InChI=1S/C63H62N3O.CH3.Pt/c1-40(2)43-24-18-25-44(32-43)45-30-31-64-55(36-45)48-34-46(41-20-14-12-15-21-41)33-47(35-48)51-26-19-27-57-58(51)65-60(53-38-50(62(6,7)8)39-54(59(53)67)63(9,10)11)66(57)56-29-28-49(61(3,4)5)37-52(56)42-22-16-13-17-23-42;;/h12-34,36-40,67H,1-11H3;1H3;/q2*-1;+2/i40D;;. The summed E-state index contributed by atoms with van der Waals surface area (Å²) in [6.45, 7) is 23.7. The molecule has 4 nitrogen and oxygen atoms in total. The van der Waals surface area contributed by atoms with Crippen LogP contribution in [0.3, 0.4) is 0 Å². The van der Waals surface area contributed by atoms with Crippen molar-refractivity contribution in [2.45, 2.75) is 98.3 Å². The van der Waals surface area contributed by atoms with E-state index in [1.54, 1.807) is 0 Å². The smallest absolute Gasteiger partial charge is 0.507 e. The Labute approximate surface area is 427 Å². The molecule has 0 saturated carbocycles. The van der Waals surface area contributed by atoms with Crippen molar-refractivity contribution in [2.75, 3.05) is 0 Å². The fraction of sp³-hybridized carbons (Fsp3) is 0.234. The minimum Gasteiger partial charge on any atom is -0.507 e. The number of imidazole rings is 1. The van der Waals surface area contributed by atoms with Crippen LogP contribution in [0.5, 0.6) is 5.75 Å². The summed E-state index contributed by atoms with van der Waals surface area (Å²) in [5.74, 6) is 0.169. The Morgan fingerprint density at radius 3 is 1.81 bits per heavy atom. The Bertz CT molecular complexity index is 3330. The van der Waals surface area contributed by atoms with Gasteiger partial charge in [0.2, 0.25) is 0 Å². The van der Waals surface area contributed by atoms with Gasteiger partial charge >= 0.3 is 21.1 Å². The zero-order chi connectivity index (χ0) is 48.3. The molecule has 7 aromatic carbocycles. The number of nitrogens with zero attached hydrogens (tertiary/aromatic N) is 3. The van der Waals surface area contributed by atoms with Crippen LogP contribution in [-0.4, -0.2) is 19.6 Å². The molecule has 9 rings (SSSR count). The van der Waals surface area contributed by atoms with Crippen LogP contribution in [0.25, 0.3) is 83.9 Å². The summed E-state index contributed by atoms with van der Waals surface area (Å²) in [4.78, 5) is 10.6. The summed E-state index contributed by atoms with van der Waals surface area (Å²) in [5, 5.41) is 12.6. The molecular weight excluding hydrogens is 1020 g/mol. The monoisotopic (exact) mass is 1090 g/mol. The van der Waals surface area contributed by atoms with Gasteiger partial charge in [-0.05, 0) is 91.4 Å². The number of benzene rings is 7. The first-order valence-corrected chi connectivity index (χ1v) is 23.5. The third kappa shape index (κ3) is 10.2. The van der Waals surface area contributed by atoms with E-state index in [0.29, 0.717) is 11.4 Å². The molecule has 5 heteroatoms. The molecule has 0 radical (unpaired) electrons. The molecule has 69 heavy (non-hydrogen) atoms. The summed E-state index contributed by atoms with van der Waals surface area (Å²) in [6.07, 6.45) is 1.86. The molecule has 0 bridgehead atoms. The van der Waals surface area contributed by atoms with E-state index < -0.39 is 5.89 Å². The van der Waals surface area contributed by atoms with Crippen LogP contribution in [0.15, 0.2) is 164 Å². The summed E-state index contributed by atoms with van der Waals surface area (Å²) in [7, 11) is 0. The predicted molar refractivity (Wildman–Crippen MR) is 289 cm³/mol. The van der Waals surface area contributed by atoms with Gasteiger partial charge < -0.3 is 12.5 Å². The summed E-state index contributed by atoms with van der Waals surface area (Å²) in [5.41, 5.74) is 16.7. The molecule has 1 N–H and O–H groups in total. The maximum Gasteiger partial charge on any atom is 2.00 e. The Morgan fingerprint density at radius 2 is 1.16 bits per heavy atom. The quantitative estimate of drug-likeness (QED) is 0.154. The Balaban J connectivity index is 0.00000361. The largest absolute Gasteiger partial charge is 2.00 e. The molecular formula is C64H65N3OPt. The number of para-hydroxylation sites is 1. The number of phenols is 1. The average molecular weight is 1090 g/mol. The zero-order valence-electron chi connectivity index (χ0n) is 43.2. The van der Waals surface area contributed by atoms with E-state index in [2.05, 4.69) is 206 Å². The molecule has 0 amide bonds. The molecule has 0 saturated heterocycles. The van der Waals surface area contributed by atoms with Crippen molar-refractivity contribution in [1.82, 2.24) is 14.5 Å². The topological polar surface area (TPSA) is 50.9 Å². The number of fused-ring (bicyclic) bond motifs is 1. The fourth-order valence-electron chi connectivity index (χ4n) is 9.01. The maximum absolute atomic E-state index is 12.6. The fourth-order valence-corrected chi connectivity index (χ4v) is 9.01. The van der Waals surface area contributed by atoms with Gasteiger partial charge in [0.15, 0.2) is 0 Å². The van der Waals surface area contributed by atoms with Crippen molar-refractivity contribution < 1.29 is 27.5 Å². The van der Waals surface area contributed by atoms with Gasteiger partial charge in [-0.25, -0.2) is 4.98 Å². The van der Waals surface area contributed by atoms with Gasteiger partial charge in [0.05, 0.1) is 22.3 Å². The molecule has 0 spiro atoms. The van der Waals surface area contributed by atoms with Gasteiger partial charge in [0.1, 0.15) is 11.6 Å². The second-order valence-electron chi connectivity index (χ2n) is 21.3. The number of hydrogen-bond acceptors (Lipinski definition) is 3. The molecule has 0 aliphatic rings. The normalized spacial score (nSPS) is 12.3. The summed E-state index contributed by atoms with van der Waals surface area (Å²) >= 11 is 0. The van der Waals surface area contributed by atoms with Gasteiger partial charge in [-0.2, -0.15) is 0 Å². The SMILES string of the molecule is [2H]C(C)(C)c1cccc(-c2ccnc(-c3[c-]c(-c4cccc5c4nc(-c4cc(C(C)(C)C)cc(C(C)(C)C)c4O)n5-c4ccc(C(C)(C)C)cc4-c4ccccc4)cc(-c4ccccc4)c3)c2)c1.[CH3-].[Pt+2]. The van der Waals surface area contributed by atoms with E-state index >= 15 is 0 Å². The first-order chi connectivity index (χ1) is 32.1. The van der Waals surface area contributed by atoms with Gasteiger partial charge in [0.25, 0.3) is 0 Å². The Kier molecular flexibility index (Phi) is 13.9. The Hall–Kier alpha value is -6.35. The second-order valence-corrected chi connectivity index (χ2v) is 21.3. The van der Waals surface area contributed by atoms with E-state index in [1.807, 2.05) is 44.3 Å². The third-order valence-corrected chi connectivity index (χ3v) is 13.0. The van der Waals surface area contributed by atoms with E-state index in [0.717, 1.165) is 89.2 Å². The molecule has 2 aromatic heterocycles. The van der Waals surface area contributed by atoms with Crippen molar-refractivity contribution in [2.24, 2.45) is 0 Å². The van der Waals surface area contributed by atoms with Crippen LogP contribution in [0.1, 0.15) is 106 Å². The van der Waals surface area contributed by atoms with Crippen LogP contribution in [0.4, 0.5) is 0 Å². The van der Waals surface area contributed by atoms with Crippen LogP contribution in [0, 0.1) is 13.5 Å². The van der Waals surface area contributed by atoms with Crippen LogP contribution in [-0.2, 0) is 37.3 Å². The van der Waals surface area contributed by atoms with E-state index in [-0.39, 0.29) is 50.5 Å². The van der Waals surface area contributed by atoms with E-state index in [1.165, 1.54) is 5.56 Å². The van der Waals surface area contributed by atoms with Crippen LogP contribution >= 0.6 is 0 Å². The average Bonchev–Trinajstić information content (AvgIpc) is 3.70. The molecule has 9 aromatic rings. The third-order valence-electron chi connectivity index (χ3n) is 13.0. The number of hydrogen-bond donors (Lipinski definition) is 1. The number of phenolic OH excluding ortho intramolecular Hbond substituents is 1. The van der Waals surface area contributed by atoms with Crippen molar-refractivity contribution in [3.8, 4) is 78.6 Å². The molecule has 352 valence electrons. The van der Waals surface area contributed by atoms with Gasteiger partial charge in [-0.15, -0.1) is 23.8 Å². The van der Waals surface area contributed by atoms with Crippen molar-refractivity contribution in [3.05, 3.63) is 200 Å². The molecule has 0 aliphatic heterocycles. The molecule has 0 fully saturated rings. The molecule has 0 unspecified atom stereocenters. The minimum atomic E-state index is -0.728. The Morgan fingerprint density at radius 1 is 0.551 bits per heavy atom. The van der Waals surface area contributed by atoms with Crippen molar-refractivity contribution in [1.29, 1.82) is 0 Å². The maximum atomic E-state index is 12.6. The molecule has 0 atom stereocenters. The van der Waals surface area contributed by atoms with Gasteiger partial charge in [-0.3, -0.25) is 9.55 Å². The first-order valence-electron chi connectivity index (χ1n) is 24.0. The number of aromatic hydroxyl groups is 1. The van der Waals surface area contributed by atoms with E-state index in [4.69, 9.17) is 11.3 Å². The second kappa shape index (κ2) is 19.6. The van der Waals surface area contributed by atoms with Gasteiger partial charge in [-0.1, -0.05) is 208 Å². The number of aromatic nitrogens is 3. The zero-order valence-corrected chi connectivity index (χ0v) is 44.5. The van der Waals surface area contributed by atoms with Crippen molar-refractivity contribution >= 4 is 11.0 Å². The van der Waals surface area contributed by atoms with Crippen molar-refractivity contribution in [3.63, 3.8) is 0 Å². The number of rotatable bonds is 8. The molecule has 0 aliphatic carbocycles.